The number of nitrogens with zero attached hydrogens (tertiary/aromatic N) is 3. The predicted molar refractivity (Wildman–Crippen MR) is 116 cm³/mol. The van der Waals surface area contributed by atoms with Crippen molar-refractivity contribution >= 4 is 28.4 Å². The molecule has 0 radical (unpaired) electrons. The molecule has 156 valence electrons. The summed E-state index contributed by atoms with van der Waals surface area (Å²) in [4.78, 5) is 24.0. The minimum atomic E-state index is -0.327. The molecular formula is C23H26N4O3. The fraction of sp³-hybridized carbons (Fsp3) is 0.304. The highest BCUT2D eigenvalue weighted by Crippen LogP contribution is 2.38. The van der Waals surface area contributed by atoms with Gasteiger partial charge in [-0.15, -0.1) is 10.2 Å². The Kier molecular flexibility index (Phi) is 6.95. The lowest BCUT2D eigenvalue weighted by Crippen LogP contribution is -2.24. The maximum absolute atomic E-state index is 12.0. The molecule has 3 aromatic rings. The lowest BCUT2D eigenvalue weighted by molar-refractivity contribution is -0.118. The largest absolute Gasteiger partial charge is 0.493 e. The molecular weight excluding hydrogens is 380 g/mol. The topological polar surface area (TPSA) is 96.1 Å². The molecule has 0 spiro atoms. The van der Waals surface area contributed by atoms with E-state index >= 15 is 0 Å². The number of nitrogens with one attached hydrogen (secondary N) is 1. The Balaban J connectivity index is 1.44. The molecule has 2 N–H and O–H groups in total. The van der Waals surface area contributed by atoms with Crippen LogP contribution in [-0.2, 0) is 11.8 Å². The van der Waals surface area contributed by atoms with Gasteiger partial charge in [0.05, 0.1) is 5.52 Å². The molecule has 1 aromatic heterocycles. The van der Waals surface area contributed by atoms with E-state index in [1.54, 1.807) is 23.7 Å². The molecule has 7 heteroatoms. The SMILES string of the molecule is Cc1ccc2c(c1)c(N=NC(=O)CCCCCNC(=O)c1ccccc1)c(O)n2C. The molecule has 0 bridgehead atoms. The van der Waals surface area contributed by atoms with E-state index in [1.165, 1.54) is 0 Å². The van der Waals surface area contributed by atoms with Gasteiger partial charge in [0, 0.05) is 31.0 Å². The molecule has 0 fully saturated rings. The first-order valence-corrected chi connectivity index (χ1v) is 10.0. The van der Waals surface area contributed by atoms with Crippen LogP contribution in [-0.4, -0.2) is 28.0 Å². The molecule has 30 heavy (non-hydrogen) atoms. The average Bonchev–Trinajstić information content (AvgIpc) is 2.98. The lowest BCUT2D eigenvalue weighted by atomic mass is 10.1. The molecule has 2 aromatic carbocycles. The van der Waals surface area contributed by atoms with Crippen molar-refractivity contribution in [2.24, 2.45) is 17.3 Å². The number of amides is 2. The molecule has 0 atom stereocenters. The highest BCUT2D eigenvalue weighted by atomic mass is 16.3. The van der Waals surface area contributed by atoms with Crippen molar-refractivity contribution in [1.82, 2.24) is 9.88 Å². The molecule has 0 saturated carbocycles. The van der Waals surface area contributed by atoms with Gasteiger partial charge in [-0.05, 0) is 44.0 Å². The minimum absolute atomic E-state index is 0.0127. The Morgan fingerprint density at radius 2 is 1.83 bits per heavy atom. The molecule has 3 rings (SSSR count). The van der Waals surface area contributed by atoms with Gasteiger partial charge < -0.3 is 15.0 Å². The second-order valence-corrected chi connectivity index (χ2v) is 7.28. The van der Waals surface area contributed by atoms with Crippen LogP contribution in [0.3, 0.4) is 0 Å². The number of aryl methyl sites for hydroxylation is 2. The van der Waals surface area contributed by atoms with Crippen molar-refractivity contribution < 1.29 is 14.7 Å². The first kappa shape index (κ1) is 21.2. The van der Waals surface area contributed by atoms with Crippen LogP contribution >= 0.6 is 0 Å². The van der Waals surface area contributed by atoms with Crippen LogP contribution in [0.5, 0.6) is 5.88 Å². The first-order valence-electron chi connectivity index (χ1n) is 10.0. The monoisotopic (exact) mass is 406 g/mol. The maximum atomic E-state index is 12.0. The summed E-state index contributed by atoms with van der Waals surface area (Å²) in [7, 11) is 1.74. The van der Waals surface area contributed by atoms with E-state index in [0.717, 1.165) is 29.3 Å². The Morgan fingerprint density at radius 3 is 2.60 bits per heavy atom. The zero-order valence-corrected chi connectivity index (χ0v) is 17.3. The van der Waals surface area contributed by atoms with Crippen molar-refractivity contribution in [3.8, 4) is 5.88 Å². The van der Waals surface area contributed by atoms with Gasteiger partial charge in [-0.25, -0.2) is 0 Å². The Morgan fingerprint density at radius 1 is 1.07 bits per heavy atom. The normalized spacial score (nSPS) is 11.3. The van der Waals surface area contributed by atoms with Crippen molar-refractivity contribution in [2.75, 3.05) is 6.54 Å². The number of carbonyl (C=O) groups excluding carboxylic acids is 2. The van der Waals surface area contributed by atoms with Gasteiger partial charge in [0.1, 0.15) is 0 Å². The molecule has 2 amide bonds. The van der Waals surface area contributed by atoms with Crippen molar-refractivity contribution in [3.63, 3.8) is 0 Å². The lowest BCUT2D eigenvalue weighted by Gasteiger charge is -2.04. The Labute approximate surface area is 175 Å². The smallest absolute Gasteiger partial charge is 0.264 e. The summed E-state index contributed by atoms with van der Waals surface area (Å²) in [5.41, 5.74) is 2.82. The Hall–Kier alpha value is -3.48. The van der Waals surface area contributed by atoms with Gasteiger partial charge >= 0.3 is 0 Å². The van der Waals surface area contributed by atoms with Crippen LogP contribution in [0.25, 0.3) is 10.9 Å². The van der Waals surface area contributed by atoms with E-state index in [2.05, 4.69) is 15.5 Å². The van der Waals surface area contributed by atoms with Crippen LogP contribution in [0.4, 0.5) is 5.69 Å². The average molecular weight is 406 g/mol. The van der Waals surface area contributed by atoms with Crippen LogP contribution in [0.1, 0.15) is 41.6 Å². The minimum Gasteiger partial charge on any atom is -0.493 e. The number of aromatic hydroxyl groups is 1. The number of benzene rings is 2. The summed E-state index contributed by atoms with van der Waals surface area (Å²) in [6.45, 7) is 2.52. The highest BCUT2D eigenvalue weighted by Gasteiger charge is 2.14. The van der Waals surface area contributed by atoms with Crippen molar-refractivity contribution in [1.29, 1.82) is 0 Å². The number of fused-ring (bicyclic) bond motifs is 1. The van der Waals surface area contributed by atoms with Gasteiger partial charge in [-0.2, -0.15) is 0 Å². The second-order valence-electron chi connectivity index (χ2n) is 7.28. The van der Waals surface area contributed by atoms with Gasteiger partial charge in [0.15, 0.2) is 5.69 Å². The molecule has 0 aliphatic carbocycles. The zero-order chi connectivity index (χ0) is 21.5. The summed E-state index contributed by atoms with van der Waals surface area (Å²) in [5.74, 6) is -0.431. The fourth-order valence-electron chi connectivity index (χ4n) is 3.25. The number of hydrogen-bond acceptors (Lipinski definition) is 4. The van der Waals surface area contributed by atoms with Crippen LogP contribution in [0, 0.1) is 6.92 Å². The number of azo groups is 1. The number of rotatable bonds is 8. The molecule has 0 unspecified atom stereocenters. The fourth-order valence-corrected chi connectivity index (χ4v) is 3.25. The predicted octanol–water partition coefficient (Wildman–Crippen LogP) is 4.79. The standard InChI is InChI=1S/C23H26N4O3/c1-16-12-13-19-18(15-16)21(23(30)27(19)2)26-25-20(28)11-7-4-8-14-24-22(29)17-9-5-3-6-10-17/h3,5-6,9-10,12-13,15,30H,4,7-8,11,14H2,1-2H3,(H,24,29). The summed E-state index contributed by atoms with van der Waals surface area (Å²) in [5, 5.41) is 21.7. The second kappa shape index (κ2) is 9.82. The van der Waals surface area contributed by atoms with Crippen molar-refractivity contribution in [2.45, 2.75) is 32.6 Å². The van der Waals surface area contributed by atoms with Gasteiger partial charge in [-0.3, -0.25) is 9.59 Å². The molecule has 1 heterocycles. The number of aromatic nitrogens is 1. The summed E-state index contributed by atoms with van der Waals surface area (Å²) < 4.78 is 1.62. The summed E-state index contributed by atoms with van der Waals surface area (Å²) >= 11 is 0. The van der Waals surface area contributed by atoms with E-state index in [1.807, 2.05) is 43.3 Å². The third kappa shape index (κ3) is 5.11. The maximum Gasteiger partial charge on any atom is 0.264 e. The Bertz CT molecular complexity index is 1070. The van der Waals surface area contributed by atoms with Gasteiger partial charge in [-0.1, -0.05) is 36.2 Å². The number of carbonyl (C=O) groups is 2. The van der Waals surface area contributed by atoms with Crippen LogP contribution in [0.2, 0.25) is 0 Å². The summed E-state index contributed by atoms with van der Waals surface area (Å²) in [6, 6.07) is 14.8. The third-order valence-electron chi connectivity index (χ3n) is 4.95. The molecule has 0 saturated heterocycles. The van der Waals surface area contributed by atoms with E-state index in [9.17, 15) is 14.7 Å². The van der Waals surface area contributed by atoms with E-state index in [0.29, 0.717) is 24.2 Å². The number of unbranched alkanes of at least 4 members (excludes halogenated alkanes) is 2. The number of hydrogen-bond donors (Lipinski definition) is 2. The molecule has 7 nitrogen and oxygen atoms in total. The zero-order valence-electron chi connectivity index (χ0n) is 17.3. The van der Waals surface area contributed by atoms with E-state index in [-0.39, 0.29) is 24.1 Å². The molecule has 0 aliphatic rings. The quantitative estimate of drug-likeness (QED) is 0.416. The van der Waals surface area contributed by atoms with Crippen molar-refractivity contribution in [3.05, 3.63) is 59.7 Å². The van der Waals surface area contributed by atoms with E-state index in [4.69, 9.17) is 0 Å². The van der Waals surface area contributed by atoms with Crippen LogP contribution in [0.15, 0.2) is 58.8 Å². The van der Waals surface area contributed by atoms with Gasteiger partial charge in [0.2, 0.25) is 5.88 Å². The first-order chi connectivity index (χ1) is 14.5. The highest BCUT2D eigenvalue weighted by molar-refractivity contribution is 5.95. The summed E-state index contributed by atoms with van der Waals surface area (Å²) in [6.07, 6.45) is 2.53. The van der Waals surface area contributed by atoms with E-state index < -0.39 is 0 Å². The molecule has 0 aliphatic heterocycles. The van der Waals surface area contributed by atoms with Gasteiger partial charge in [0.25, 0.3) is 11.8 Å². The van der Waals surface area contributed by atoms with Crippen LogP contribution < -0.4 is 5.32 Å². The third-order valence-corrected chi connectivity index (χ3v) is 4.95.